The van der Waals surface area contributed by atoms with Gasteiger partial charge in [0.1, 0.15) is 0 Å². The molecule has 1 aromatic carbocycles. The highest BCUT2D eigenvalue weighted by molar-refractivity contribution is 5.95. The zero-order chi connectivity index (χ0) is 16.2. The molecule has 0 aliphatic heterocycles. The van der Waals surface area contributed by atoms with E-state index in [0.29, 0.717) is 12.5 Å². The van der Waals surface area contributed by atoms with Crippen molar-refractivity contribution >= 4 is 11.6 Å². The van der Waals surface area contributed by atoms with Crippen LogP contribution in [0.5, 0.6) is 0 Å². The Kier molecular flexibility index (Phi) is 5.33. The van der Waals surface area contributed by atoms with Gasteiger partial charge in [0, 0.05) is 0 Å². The maximum Gasteiger partial charge on any atom is 0.418 e. The summed E-state index contributed by atoms with van der Waals surface area (Å²) in [5.74, 6) is -0.535. The number of nitrogens with one attached hydrogen (secondary N) is 1. The number of anilines is 1. The summed E-state index contributed by atoms with van der Waals surface area (Å²) >= 11 is 0. The molecule has 7 heteroatoms. The fourth-order valence-corrected chi connectivity index (χ4v) is 1.80. The van der Waals surface area contributed by atoms with Crippen molar-refractivity contribution < 1.29 is 18.0 Å². The van der Waals surface area contributed by atoms with E-state index in [1.165, 1.54) is 6.07 Å². The van der Waals surface area contributed by atoms with Gasteiger partial charge in [-0.05, 0) is 30.5 Å². The number of hydrogen-bond donors (Lipinski definition) is 2. The summed E-state index contributed by atoms with van der Waals surface area (Å²) in [6.45, 7) is 3.71. The molecular weight excluding hydrogens is 283 g/mol. The minimum Gasteiger partial charge on any atom is -0.324 e. The number of benzene rings is 1. The smallest absolute Gasteiger partial charge is 0.324 e. The Hall–Kier alpha value is -2.07. The monoisotopic (exact) mass is 299 g/mol. The van der Waals surface area contributed by atoms with Gasteiger partial charge in [-0.1, -0.05) is 13.8 Å². The van der Waals surface area contributed by atoms with Gasteiger partial charge < -0.3 is 11.1 Å². The lowest BCUT2D eigenvalue weighted by atomic mass is 10.0. The van der Waals surface area contributed by atoms with Gasteiger partial charge in [0.2, 0.25) is 5.91 Å². The molecule has 1 rings (SSSR count). The van der Waals surface area contributed by atoms with E-state index in [4.69, 9.17) is 11.0 Å². The van der Waals surface area contributed by atoms with Crippen LogP contribution in [0.3, 0.4) is 0 Å². The number of nitriles is 1. The lowest BCUT2D eigenvalue weighted by Crippen LogP contribution is -2.37. The third kappa shape index (κ3) is 4.76. The molecule has 0 saturated heterocycles. The molecule has 0 fully saturated rings. The molecule has 1 aromatic rings. The van der Waals surface area contributed by atoms with Gasteiger partial charge >= 0.3 is 6.18 Å². The number of carbonyl (C=O) groups is 1. The second-order valence-electron chi connectivity index (χ2n) is 5.10. The lowest BCUT2D eigenvalue weighted by molar-refractivity contribution is -0.137. The summed E-state index contributed by atoms with van der Waals surface area (Å²) in [6.07, 6.45) is -4.30. The van der Waals surface area contributed by atoms with Crippen LogP contribution in [-0.4, -0.2) is 11.9 Å². The number of halogens is 3. The summed E-state index contributed by atoms with van der Waals surface area (Å²) in [6, 6.07) is 3.71. The molecule has 0 aromatic heterocycles. The van der Waals surface area contributed by atoms with Crippen LogP contribution in [0.15, 0.2) is 18.2 Å². The summed E-state index contributed by atoms with van der Waals surface area (Å²) in [5.41, 5.74) is 4.04. The van der Waals surface area contributed by atoms with E-state index in [2.05, 4.69) is 5.32 Å². The van der Waals surface area contributed by atoms with Crippen LogP contribution >= 0.6 is 0 Å². The largest absolute Gasteiger partial charge is 0.418 e. The summed E-state index contributed by atoms with van der Waals surface area (Å²) in [4.78, 5) is 11.8. The predicted molar refractivity (Wildman–Crippen MR) is 72.2 cm³/mol. The highest BCUT2D eigenvalue weighted by Gasteiger charge is 2.34. The number of alkyl halides is 3. The van der Waals surface area contributed by atoms with E-state index in [1.807, 2.05) is 13.8 Å². The highest BCUT2D eigenvalue weighted by Crippen LogP contribution is 2.35. The van der Waals surface area contributed by atoms with Crippen LogP contribution in [0.25, 0.3) is 0 Å². The Balaban J connectivity index is 3.03. The molecule has 0 spiro atoms. The minimum atomic E-state index is -4.67. The first-order valence-electron chi connectivity index (χ1n) is 6.33. The molecule has 0 heterocycles. The van der Waals surface area contributed by atoms with E-state index < -0.39 is 29.4 Å². The number of nitrogens with two attached hydrogens (primary N) is 1. The molecule has 114 valence electrons. The Morgan fingerprint density at radius 2 is 2.05 bits per heavy atom. The quantitative estimate of drug-likeness (QED) is 0.897. The topological polar surface area (TPSA) is 78.9 Å². The van der Waals surface area contributed by atoms with E-state index in [9.17, 15) is 18.0 Å². The van der Waals surface area contributed by atoms with Crippen LogP contribution in [0, 0.1) is 17.2 Å². The van der Waals surface area contributed by atoms with Gasteiger partial charge in [0.05, 0.1) is 28.9 Å². The third-order valence-electron chi connectivity index (χ3n) is 2.77. The van der Waals surface area contributed by atoms with E-state index in [1.54, 1.807) is 6.07 Å². The van der Waals surface area contributed by atoms with Gasteiger partial charge in [-0.15, -0.1) is 0 Å². The van der Waals surface area contributed by atoms with Crippen LogP contribution in [0.1, 0.15) is 31.4 Å². The standard InChI is InChI=1S/C14H16F3N3O/c1-8(2)5-11(19)13(21)20-12-4-3-9(7-18)6-10(12)14(15,16)17/h3-4,6,8,11H,5,19H2,1-2H3,(H,20,21)/t11-/m0/s1. The third-order valence-corrected chi connectivity index (χ3v) is 2.77. The molecule has 0 bridgehead atoms. The molecule has 0 aliphatic rings. The molecular formula is C14H16F3N3O. The first-order valence-corrected chi connectivity index (χ1v) is 6.33. The minimum absolute atomic E-state index is 0.133. The first kappa shape index (κ1) is 17.0. The summed E-state index contributed by atoms with van der Waals surface area (Å²) < 4.78 is 38.8. The second-order valence-corrected chi connectivity index (χ2v) is 5.10. The maximum atomic E-state index is 12.9. The average molecular weight is 299 g/mol. The van der Waals surface area contributed by atoms with E-state index in [0.717, 1.165) is 6.07 Å². The lowest BCUT2D eigenvalue weighted by Gasteiger charge is -2.17. The molecule has 4 nitrogen and oxygen atoms in total. The van der Waals surface area contributed by atoms with Gasteiger partial charge in [-0.3, -0.25) is 4.79 Å². The summed E-state index contributed by atoms with van der Waals surface area (Å²) in [5, 5.41) is 10.8. The Morgan fingerprint density at radius 1 is 1.43 bits per heavy atom. The summed E-state index contributed by atoms with van der Waals surface area (Å²) in [7, 11) is 0. The van der Waals surface area contributed by atoms with Crippen LogP contribution < -0.4 is 11.1 Å². The normalized spacial score (nSPS) is 12.9. The van der Waals surface area contributed by atoms with Crippen molar-refractivity contribution in [1.82, 2.24) is 0 Å². The SMILES string of the molecule is CC(C)C[C@H](N)C(=O)Nc1ccc(C#N)cc1C(F)(F)F. The molecule has 1 atom stereocenters. The van der Waals surface area contributed by atoms with Crippen molar-refractivity contribution in [2.75, 3.05) is 5.32 Å². The molecule has 1 amide bonds. The molecule has 21 heavy (non-hydrogen) atoms. The number of amides is 1. The molecule has 0 aliphatic carbocycles. The van der Waals surface area contributed by atoms with Gasteiger partial charge in [0.25, 0.3) is 0 Å². The van der Waals surface area contributed by atoms with Gasteiger partial charge in [0.15, 0.2) is 0 Å². The maximum absolute atomic E-state index is 12.9. The van der Waals surface area contributed by atoms with Crippen molar-refractivity contribution in [2.45, 2.75) is 32.5 Å². The molecule has 0 unspecified atom stereocenters. The number of hydrogen-bond acceptors (Lipinski definition) is 3. The molecule has 3 N–H and O–H groups in total. The Bertz CT molecular complexity index is 562. The van der Waals surface area contributed by atoms with Crippen molar-refractivity contribution in [2.24, 2.45) is 11.7 Å². The fourth-order valence-electron chi connectivity index (χ4n) is 1.80. The zero-order valence-electron chi connectivity index (χ0n) is 11.7. The van der Waals surface area contributed by atoms with Crippen LogP contribution in [0.4, 0.5) is 18.9 Å². The second kappa shape index (κ2) is 6.59. The predicted octanol–water partition coefficient (Wildman–Crippen LogP) is 2.89. The Morgan fingerprint density at radius 3 is 2.52 bits per heavy atom. The Labute approximate surface area is 120 Å². The van der Waals surface area contributed by atoms with Crippen molar-refractivity contribution in [1.29, 1.82) is 5.26 Å². The first-order chi connectivity index (χ1) is 9.65. The average Bonchev–Trinajstić information content (AvgIpc) is 2.37. The molecule has 0 radical (unpaired) electrons. The van der Waals surface area contributed by atoms with Crippen molar-refractivity contribution in [3.8, 4) is 6.07 Å². The molecule has 0 saturated carbocycles. The van der Waals surface area contributed by atoms with E-state index >= 15 is 0 Å². The highest BCUT2D eigenvalue weighted by atomic mass is 19.4. The number of carbonyl (C=O) groups excluding carboxylic acids is 1. The number of rotatable bonds is 4. The number of nitrogens with zero attached hydrogens (tertiary/aromatic N) is 1. The van der Waals surface area contributed by atoms with Crippen LogP contribution in [0.2, 0.25) is 0 Å². The zero-order valence-corrected chi connectivity index (χ0v) is 11.7. The van der Waals surface area contributed by atoms with E-state index in [-0.39, 0.29) is 11.5 Å². The fraction of sp³-hybridized carbons (Fsp3) is 0.429. The van der Waals surface area contributed by atoms with Crippen LogP contribution in [-0.2, 0) is 11.0 Å². The van der Waals surface area contributed by atoms with Crippen molar-refractivity contribution in [3.63, 3.8) is 0 Å². The van der Waals surface area contributed by atoms with Gasteiger partial charge in [-0.25, -0.2) is 0 Å². The van der Waals surface area contributed by atoms with Crippen molar-refractivity contribution in [3.05, 3.63) is 29.3 Å². The van der Waals surface area contributed by atoms with Gasteiger partial charge in [-0.2, -0.15) is 18.4 Å².